The van der Waals surface area contributed by atoms with Gasteiger partial charge >= 0.3 is 5.97 Å². The van der Waals surface area contributed by atoms with Gasteiger partial charge in [-0.1, -0.05) is 0 Å². The predicted molar refractivity (Wildman–Crippen MR) is 54.7 cm³/mol. The van der Waals surface area contributed by atoms with Crippen LogP contribution in [0.25, 0.3) is 0 Å². The number of hydrogen-bond donors (Lipinski definition) is 1. The summed E-state index contributed by atoms with van der Waals surface area (Å²) in [6.07, 6.45) is 1.06. The Balaban J connectivity index is 3.23. The Morgan fingerprint density at radius 2 is 2.00 bits per heavy atom. The summed E-state index contributed by atoms with van der Waals surface area (Å²) in [6.45, 7) is 2.88. The molecule has 0 aliphatic rings. The molecule has 1 aromatic heterocycles. The molecule has 84 valence electrons. The molecule has 1 heterocycles. The first-order chi connectivity index (χ1) is 6.66. The van der Waals surface area contributed by atoms with E-state index in [9.17, 15) is 13.2 Å². The molecule has 0 aliphatic heterocycles. The highest BCUT2D eigenvalue weighted by Crippen LogP contribution is 2.27. The van der Waals surface area contributed by atoms with Gasteiger partial charge in [0.2, 0.25) is 5.01 Å². The van der Waals surface area contributed by atoms with Crippen LogP contribution in [-0.2, 0) is 14.6 Å². The minimum Gasteiger partial charge on any atom is -0.476 e. The lowest BCUT2D eigenvalue weighted by molar-refractivity contribution is 0.0696. The summed E-state index contributed by atoms with van der Waals surface area (Å²) < 4.78 is 25.3. The van der Waals surface area contributed by atoms with Crippen molar-refractivity contribution in [2.75, 3.05) is 6.26 Å². The van der Waals surface area contributed by atoms with Gasteiger partial charge in [-0.3, -0.25) is 0 Å². The quantitative estimate of drug-likeness (QED) is 0.839. The Hall–Kier alpha value is -1.02. The lowest BCUT2D eigenvalue weighted by atomic mass is 10.2. The molecule has 0 saturated heterocycles. The summed E-state index contributed by atoms with van der Waals surface area (Å²) >= 11 is 0.676. The second kappa shape index (κ2) is 3.53. The monoisotopic (exact) mass is 250 g/mol. The third kappa shape index (κ3) is 2.15. The van der Waals surface area contributed by atoms with E-state index < -0.39 is 20.6 Å². The average molecular weight is 250 g/mol. The maximum atomic E-state index is 11.4. The van der Waals surface area contributed by atoms with Gasteiger partial charge in [-0.05, 0) is 25.4 Å². The first-order valence-corrected chi connectivity index (χ1v) is 6.60. The molecule has 8 heteroatoms. The molecular weight excluding hydrogens is 240 g/mol. The molecule has 1 N–H and O–H groups in total. The molecule has 0 fully saturated rings. The second-order valence-electron chi connectivity index (χ2n) is 3.51. The van der Waals surface area contributed by atoms with Crippen LogP contribution in [0.4, 0.5) is 0 Å². The van der Waals surface area contributed by atoms with Gasteiger partial charge in [-0.15, -0.1) is 0 Å². The number of carboxylic acid groups (broad SMARTS) is 1. The minimum atomic E-state index is -3.38. The van der Waals surface area contributed by atoms with Crippen molar-refractivity contribution in [1.29, 1.82) is 0 Å². The van der Waals surface area contributed by atoms with Gasteiger partial charge in [0, 0.05) is 6.26 Å². The van der Waals surface area contributed by atoms with E-state index in [0.29, 0.717) is 11.5 Å². The lowest BCUT2D eigenvalue weighted by Gasteiger charge is -2.17. The van der Waals surface area contributed by atoms with Gasteiger partial charge in [0.05, 0.1) is 0 Å². The fourth-order valence-corrected chi connectivity index (χ4v) is 1.85. The summed E-state index contributed by atoms with van der Waals surface area (Å²) in [5.74, 6) is -1.18. The van der Waals surface area contributed by atoms with Crippen molar-refractivity contribution in [3.8, 4) is 0 Å². The van der Waals surface area contributed by atoms with Crippen molar-refractivity contribution in [2.45, 2.75) is 18.6 Å². The topological polar surface area (TPSA) is 97.2 Å². The zero-order valence-electron chi connectivity index (χ0n) is 8.38. The SMILES string of the molecule is CC(C)(c1nsc(C(=O)O)n1)S(C)(=O)=O. The molecule has 0 saturated carbocycles. The number of carboxylic acids is 1. The number of aromatic carboxylic acids is 1. The zero-order valence-corrected chi connectivity index (χ0v) is 10.0. The molecule has 0 unspecified atom stereocenters. The molecule has 0 atom stereocenters. The first kappa shape index (κ1) is 12.1. The van der Waals surface area contributed by atoms with Crippen molar-refractivity contribution in [1.82, 2.24) is 9.36 Å². The highest BCUT2D eigenvalue weighted by atomic mass is 32.2. The number of nitrogens with zero attached hydrogens (tertiary/aromatic N) is 2. The summed E-state index contributed by atoms with van der Waals surface area (Å²) in [6, 6.07) is 0. The highest BCUT2D eigenvalue weighted by Gasteiger charge is 2.36. The smallest absolute Gasteiger partial charge is 0.366 e. The van der Waals surface area contributed by atoms with E-state index in [4.69, 9.17) is 5.11 Å². The molecule has 0 aromatic carbocycles. The molecule has 0 aliphatic carbocycles. The largest absolute Gasteiger partial charge is 0.476 e. The van der Waals surface area contributed by atoms with Crippen LogP contribution in [0.3, 0.4) is 0 Å². The van der Waals surface area contributed by atoms with E-state index in [1.54, 1.807) is 0 Å². The van der Waals surface area contributed by atoms with Gasteiger partial charge in [-0.2, -0.15) is 4.37 Å². The molecular formula is C7H10N2O4S2. The molecule has 0 bridgehead atoms. The van der Waals surface area contributed by atoms with Crippen LogP contribution in [0.15, 0.2) is 0 Å². The number of carbonyl (C=O) groups is 1. The molecule has 0 spiro atoms. The van der Waals surface area contributed by atoms with E-state index in [2.05, 4.69) is 9.36 Å². The van der Waals surface area contributed by atoms with Crippen LogP contribution in [-0.4, -0.2) is 35.1 Å². The molecule has 0 radical (unpaired) electrons. The lowest BCUT2D eigenvalue weighted by Crippen LogP contribution is -2.29. The summed E-state index contributed by atoms with van der Waals surface area (Å²) in [4.78, 5) is 14.2. The summed E-state index contributed by atoms with van der Waals surface area (Å²) in [7, 11) is -3.38. The van der Waals surface area contributed by atoms with Crippen LogP contribution in [0.2, 0.25) is 0 Å². The van der Waals surface area contributed by atoms with Crippen LogP contribution in [0, 0.1) is 0 Å². The second-order valence-corrected chi connectivity index (χ2v) is 6.83. The van der Waals surface area contributed by atoms with Gasteiger partial charge in [0.15, 0.2) is 15.7 Å². The molecule has 15 heavy (non-hydrogen) atoms. The van der Waals surface area contributed by atoms with Crippen LogP contribution >= 0.6 is 11.5 Å². The van der Waals surface area contributed by atoms with E-state index in [1.165, 1.54) is 13.8 Å². The fraction of sp³-hybridized carbons (Fsp3) is 0.571. The third-order valence-corrected chi connectivity index (χ3v) is 4.81. The van der Waals surface area contributed by atoms with Crippen LogP contribution < -0.4 is 0 Å². The molecule has 6 nitrogen and oxygen atoms in total. The van der Waals surface area contributed by atoms with Crippen molar-refractivity contribution in [3.05, 3.63) is 10.8 Å². The number of aromatic nitrogens is 2. The standard InChI is InChI=1S/C7H10N2O4S2/c1-7(2,15(3,12)13)6-8-4(5(10)11)14-9-6/h1-3H3,(H,10,11). The average Bonchev–Trinajstić information content (AvgIpc) is 2.49. The van der Waals surface area contributed by atoms with Crippen molar-refractivity contribution >= 4 is 27.3 Å². The van der Waals surface area contributed by atoms with Crippen molar-refractivity contribution in [3.63, 3.8) is 0 Å². The highest BCUT2D eigenvalue weighted by molar-refractivity contribution is 7.91. The Bertz CT molecular complexity index is 489. The van der Waals surface area contributed by atoms with E-state index in [-0.39, 0.29) is 10.8 Å². The summed E-state index contributed by atoms with van der Waals surface area (Å²) in [5.41, 5.74) is 0. The molecule has 0 amide bonds. The number of sulfone groups is 1. The minimum absolute atomic E-state index is 0.0207. The Morgan fingerprint density at radius 3 is 2.33 bits per heavy atom. The zero-order chi connectivity index (χ0) is 11.9. The third-order valence-electron chi connectivity index (χ3n) is 2.07. The van der Waals surface area contributed by atoms with Gasteiger partial charge < -0.3 is 5.11 Å². The van der Waals surface area contributed by atoms with E-state index >= 15 is 0 Å². The van der Waals surface area contributed by atoms with E-state index in [0.717, 1.165) is 6.26 Å². The maximum absolute atomic E-state index is 11.4. The maximum Gasteiger partial charge on any atom is 0.366 e. The molecule has 1 aromatic rings. The van der Waals surface area contributed by atoms with Crippen LogP contribution in [0.1, 0.15) is 29.5 Å². The van der Waals surface area contributed by atoms with Gasteiger partial charge in [0.25, 0.3) is 0 Å². The first-order valence-electron chi connectivity index (χ1n) is 3.93. The Morgan fingerprint density at radius 1 is 1.47 bits per heavy atom. The van der Waals surface area contributed by atoms with Gasteiger partial charge in [-0.25, -0.2) is 18.2 Å². The normalized spacial score (nSPS) is 12.7. The molecule has 1 rings (SSSR count). The number of hydrogen-bond acceptors (Lipinski definition) is 6. The fourth-order valence-electron chi connectivity index (χ4n) is 0.721. The van der Waals surface area contributed by atoms with Crippen molar-refractivity contribution < 1.29 is 18.3 Å². The van der Waals surface area contributed by atoms with Gasteiger partial charge in [0.1, 0.15) is 4.75 Å². The van der Waals surface area contributed by atoms with E-state index in [1.807, 2.05) is 0 Å². The Kier molecular flexibility index (Phi) is 2.83. The van der Waals surface area contributed by atoms with Crippen LogP contribution in [0.5, 0.6) is 0 Å². The Labute approximate surface area is 91.1 Å². The number of rotatable bonds is 3. The summed E-state index contributed by atoms with van der Waals surface area (Å²) in [5, 5.41) is 8.42. The van der Waals surface area contributed by atoms with Crippen molar-refractivity contribution in [2.24, 2.45) is 0 Å². The predicted octanol–water partition coefficient (Wildman–Crippen LogP) is 0.516.